The first kappa shape index (κ1) is 24.6. The SMILES string of the molecule is C1COCCO1.CCC(C)=O.CO.[Na+].[OH-]. The molecule has 1 heterocycles. The molecule has 1 saturated heterocycles. The first-order valence-corrected chi connectivity index (χ1v) is 4.37. The molecule has 1 aliphatic heterocycles. The average Bonchev–Trinajstić information content (AvgIpc) is 2.24. The van der Waals surface area contributed by atoms with E-state index < -0.39 is 0 Å². The van der Waals surface area contributed by atoms with Crippen LogP contribution in [0.25, 0.3) is 0 Å². The van der Waals surface area contributed by atoms with Crippen molar-refractivity contribution in [3.63, 3.8) is 0 Å². The van der Waals surface area contributed by atoms with Crippen molar-refractivity contribution in [1.29, 1.82) is 0 Å². The van der Waals surface area contributed by atoms with Gasteiger partial charge in [0.05, 0.1) is 26.4 Å². The van der Waals surface area contributed by atoms with E-state index in [1.165, 1.54) is 0 Å². The van der Waals surface area contributed by atoms with E-state index in [4.69, 9.17) is 14.6 Å². The fourth-order valence-corrected chi connectivity index (χ4v) is 0.440. The number of aliphatic hydroxyl groups is 1. The molecule has 0 atom stereocenters. The van der Waals surface area contributed by atoms with Crippen LogP contribution >= 0.6 is 0 Å². The molecular formula is C9H21NaO5. The van der Waals surface area contributed by atoms with E-state index in [1.54, 1.807) is 6.92 Å². The Kier molecular flexibility index (Phi) is 39.4. The van der Waals surface area contributed by atoms with E-state index >= 15 is 0 Å². The molecule has 0 amide bonds. The molecule has 0 spiro atoms. The summed E-state index contributed by atoms with van der Waals surface area (Å²) in [5.74, 6) is 0.255. The minimum atomic E-state index is 0. The molecule has 6 heteroatoms. The minimum absolute atomic E-state index is 0. The third-order valence-corrected chi connectivity index (χ3v) is 1.24. The minimum Gasteiger partial charge on any atom is -0.870 e. The number of ether oxygens (including phenoxy) is 2. The van der Waals surface area contributed by atoms with Crippen LogP contribution in [0.5, 0.6) is 0 Å². The number of ketones is 1. The van der Waals surface area contributed by atoms with Gasteiger partial charge in [-0.05, 0) is 6.92 Å². The van der Waals surface area contributed by atoms with E-state index in [0.717, 1.165) is 33.5 Å². The summed E-state index contributed by atoms with van der Waals surface area (Å²) in [6.07, 6.45) is 0.667. The Morgan fingerprint density at radius 1 is 1.13 bits per heavy atom. The van der Waals surface area contributed by atoms with Gasteiger partial charge in [0.1, 0.15) is 5.78 Å². The van der Waals surface area contributed by atoms with Crippen molar-refractivity contribution in [3.8, 4) is 0 Å². The van der Waals surface area contributed by atoms with E-state index in [-0.39, 0.29) is 40.8 Å². The molecule has 15 heavy (non-hydrogen) atoms. The molecule has 0 aromatic heterocycles. The van der Waals surface area contributed by atoms with Gasteiger partial charge in [-0.2, -0.15) is 0 Å². The van der Waals surface area contributed by atoms with Crippen LogP contribution in [0.15, 0.2) is 0 Å². The van der Waals surface area contributed by atoms with Crippen molar-refractivity contribution in [1.82, 2.24) is 0 Å². The van der Waals surface area contributed by atoms with Crippen molar-refractivity contribution in [2.45, 2.75) is 20.3 Å². The molecular weight excluding hydrogens is 211 g/mol. The first-order chi connectivity index (χ1) is 6.27. The summed E-state index contributed by atoms with van der Waals surface area (Å²) in [5.41, 5.74) is 0. The fraction of sp³-hybridized carbons (Fsp3) is 0.889. The van der Waals surface area contributed by atoms with Crippen LogP contribution in [-0.4, -0.2) is 49.9 Å². The van der Waals surface area contributed by atoms with Crippen LogP contribution < -0.4 is 29.6 Å². The molecule has 88 valence electrons. The van der Waals surface area contributed by atoms with Gasteiger partial charge in [-0.3, -0.25) is 0 Å². The van der Waals surface area contributed by atoms with E-state index in [9.17, 15) is 4.79 Å². The standard InChI is InChI=1S/C4H8O2.C4H8O.CH4O.Na.H2O/c1-2-6-4-3-5-1;1-3-4(2)5;1-2;;/h1-4H2;3H2,1-2H3;2H,1H3;;1H2/q;;;+1;/p-1. The van der Waals surface area contributed by atoms with Crippen molar-refractivity contribution < 1.29 is 54.4 Å². The average molecular weight is 232 g/mol. The van der Waals surface area contributed by atoms with Crippen molar-refractivity contribution in [3.05, 3.63) is 0 Å². The molecule has 0 aromatic rings. The third kappa shape index (κ3) is 31.4. The van der Waals surface area contributed by atoms with Crippen molar-refractivity contribution >= 4 is 5.78 Å². The summed E-state index contributed by atoms with van der Waals surface area (Å²) in [5, 5.41) is 7.00. The molecule has 0 aliphatic carbocycles. The first-order valence-electron chi connectivity index (χ1n) is 4.37. The summed E-state index contributed by atoms with van der Waals surface area (Å²) in [6.45, 7) is 6.54. The molecule has 0 saturated carbocycles. The summed E-state index contributed by atoms with van der Waals surface area (Å²) in [7, 11) is 1.00. The second-order valence-corrected chi connectivity index (χ2v) is 2.28. The fourth-order valence-electron chi connectivity index (χ4n) is 0.440. The van der Waals surface area contributed by atoms with E-state index in [1.807, 2.05) is 6.92 Å². The third-order valence-electron chi connectivity index (χ3n) is 1.24. The van der Waals surface area contributed by atoms with Crippen LogP contribution in [0.3, 0.4) is 0 Å². The molecule has 0 aromatic carbocycles. The van der Waals surface area contributed by atoms with E-state index in [0.29, 0.717) is 6.42 Å². The molecule has 5 nitrogen and oxygen atoms in total. The summed E-state index contributed by atoms with van der Waals surface area (Å²) in [4.78, 5) is 9.81. The zero-order valence-corrected chi connectivity index (χ0v) is 12.2. The predicted molar refractivity (Wildman–Crippen MR) is 52.7 cm³/mol. The molecule has 0 unspecified atom stereocenters. The number of rotatable bonds is 1. The van der Waals surface area contributed by atoms with Crippen LogP contribution in [0, 0.1) is 0 Å². The van der Waals surface area contributed by atoms with Crippen LogP contribution in [0.4, 0.5) is 0 Å². The monoisotopic (exact) mass is 232 g/mol. The largest absolute Gasteiger partial charge is 1.00 e. The number of Topliss-reactive ketones (excluding diaryl/α,β-unsaturated/α-hetero) is 1. The molecule has 2 N–H and O–H groups in total. The molecule has 1 fully saturated rings. The molecule has 1 aliphatic rings. The zero-order valence-electron chi connectivity index (χ0n) is 10.2. The summed E-state index contributed by atoms with van der Waals surface area (Å²) < 4.78 is 9.89. The molecule has 0 radical (unpaired) electrons. The summed E-state index contributed by atoms with van der Waals surface area (Å²) in [6, 6.07) is 0. The number of aliphatic hydroxyl groups excluding tert-OH is 1. The molecule has 0 bridgehead atoms. The molecule has 1 rings (SSSR count). The van der Waals surface area contributed by atoms with Gasteiger partial charge in [0.15, 0.2) is 0 Å². The van der Waals surface area contributed by atoms with Crippen molar-refractivity contribution in [2.24, 2.45) is 0 Å². The van der Waals surface area contributed by atoms with Gasteiger partial charge in [-0.25, -0.2) is 0 Å². The van der Waals surface area contributed by atoms with Gasteiger partial charge in [0, 0.05) is 13.5 Å². The second-order valence-electron chi connectivity index (χ2n) is 2.28. The number of carbonyl (C=O) groups excluding carboxylic acids is 1. The van der Waals surface area contributed by atoms with Crippen LogP contribution in [0.2, 0.25) is 0 Å². The van der Waals surface area contributed by atoms with Gasteiger partial charge in [0.2, 0.25) is 0 Å². The summed E-state index contributed by atoms with van der Waals surface area (Å²) >= 11 is 0. The zero-order chi connectivity index (χ0) is 10.5. The van der Waals surface area contributed by atoms with Gasteiger partial charge < -0.3 is 24.9 Å². The van der Waals surface area contributed by atoms with Gasteiger partial charge in [-0.1, -0.05) is 6.92 Å². The maximum Gasteiger partial charge on any atom is 1.00 e. The maximum absolute atomic E-state index is 9.81. The van der Waals surface area contributed by atoms with Gasteiger partial charge >= 0.3 is 29.6 Å². The van der Waals surface area contributed by atoms with Crippen LogP contribution in [0.1, 0.15) is 20.3 Å². The number of hydrogen-bond acceptors (Lipinski definition) is 5. The maximum atomic E-state index is 9.81. The Balaban J connectivity index is -0.0000000629. The second kappa shape index (κ2) is 24.0. The Morgan fingerprint density at radius 2 is 1.33 bits per heavy atom. The van der Waals surface area contributed by atoms with Gasteiger partial charge in [-0.15, -0.1) is 0 Å². The van der Waals surface area contributed by atoms with Crippen LogP contribution in [-0.2, 0) is 14.3 Å². The smallest absolute Gasteiger partial charge is 0.870 e. The number of hydrogen-bond donors (Lipinski definition) is 1. The Hall–Kier alpha value is 0.510. The normalized spacial score (nSPS) is 12.5. The van der Waals surface area contributed by atoms with Gasteiger partial charge in [0.25, 0.3) is 0 Å². The van der Waals surface area contributed by atoms with E-state index in [2.05, 4.69) is 0 Å². The Morgan fingerprint density at radius 3 is 1.40 bits per heavy atom. The Labute approximate surface area is 114 Å². The number of carbonyl (C=O) groups is 1. The van der Waals surface area contributed by atoms with Crippen molar-refractivity contribution in [2.75, 3.05) is 33.5 Å². The quantitative estimate of drug-likeness (QED) is 0.503. The Bertz CT molecular complexity index is 95.2. The topological polar surface area (TPSA) is 85.8 Å². The predicted octanol–water partition coefficient (Wildman–Crippen LogP) is -2.55.